The first kappa shape index (κ1) is 22.7. The van der Waals surface area contributed by atoms with E-state index < -0.39 is 11.9 Å². The second-order valence-electron chi connectivity index (χ2n) is 9.15. The SMILES string of the molecule is CN(C(=O)Cc1ccc(N2CCN(CC3CCNCC3)CC2)nc1)C1CCC(=O)NC1=O. The van der Waals surface area contributed by atoms with Crippen molar-refractivity contribution in [2.45, 2.75) is 38.1 Å². The molecule has 3 fully saturated rings. The topological polar surface area (TPSA) is 97.9 Å². The molecule has 9 nitrogen and oxygen atoms in total. The lowest BCUT2D eigenvalue weighted by molar-refractivity contribution is -0.144. The van der Waals surface area contributed by atoms with Crippen molar-refractivity contribution in [3.05, 3.63) is 23.9 Å². The number of piperidine rings is 2. The minimum Gasteiger partial charge on any atom is -0.354 e. The van der Waals surface area contributed by atoms with Gasteiger partial charge in [0.05, 0.1) is 6.42 Å². The van der Waals surface area contributed by atoms with Crippen molar-refractivity contribution in [1.82, 2.24) is 25.4 Å². The molecule has 0 saturated carbocycles. The molecule has 0 radical (unpaired) electrons. The van der Waals surface area contributed by atoms with Crippen LogP contribution in [0.3, 0.4) is 0 Å². The molecule has 1 aromatic rings. The number of likely N-dealkylation sites (N-methyl/N-ethyl adjacent to an activating group) is 1. The van der Waals surface area contributed by atoms with Gasteiger partial charge < -0.3 is 15.1 Å². The summed E-state index contributed by atoms with van der Waals surface area (Å²) in [5.41, 5.74) is 0.822. The molecule has 4 heterocycles. The van der Waals surface area contributed by atoms with E-state index in [9.17, 15) is 14.4 Å². The maximum absolute atomic E-state index is 12.6. The maximum atomic E-state index is 12.6. The molecule has 1 aromatic heterocycles. The fraction of sp³-hybridized carbons (Fsp3) is 0.652. The van der Waals surface area contributed by atoms with E-state index in [4.69, 9.17) is 0 Å². The van der Waals surface area contributed by atoms with E-state index in [1.165, 1.54) is 24.3 Å². The molecule has 32 heavy (non-hydrogen) atoms. The maximum Gasteiger partial charge on any atom is 0.249 e. The van der Waals surface area contributed by atoms with Gasteiger partial charge in [0.15, 0.2) is 0 Å². The van der Waals surface area contributed by atoms with Crippen molar-refractivity contribution in [2.24, 2.45) is 5.92 Å². The number of carbonyl (C=O) groups is 3. The number of nitrogens with one attached hydrogen (secondary N) is 2. The summed E-state index contributed by atoms with van der Waals surface area (Å²) >= 11 is 0. The summed E-state index contributed by atoms with van der Waals surface area (Å²) in [6.45, 7) is 7.54. The lowest BCUT2D eigenvalue weighted by Crippen LogP contribution is -2.53. The minimum absolute atomic E-state index is 0.152. The van der Waals surface area contributed by atoms with Gasteiger partial charge in [0, 0.05) is 52.4 Å². The molecule has 3 aliphatic heterocycles. The summed E-state index contributed by atoms with van der Waals surface area (Å²) in [6, 6.07) is 3.34. The lowest BCUT2D eigenvalue weighted by atomic mass is 9.97. The lowest BCUT2D eigenvalue weighted by Gasteiger charge is -2.37. The van der Waals surface area contributed by atoms with E-state index in [0.29, 0.717) is 6.42 Å². The molecule has 4 rings (SSSR count). The number of imide groups is 1. The molecule has 0 spiro atoms. The van der Waals surface area contributed by atoms with Gasteiger partial charge in [-0.15, -0.1) is 0 Å². The number of piperazine rings is 1. The third-order valence-electron chi connectivity index (χ3n) is 6.91. The van der Waals surface area contributed by atoms with Crippen LogP contribution in [0.1, 0.15) is 31.2 Å². The molecule has 3 aliphatic rings. The number of pyridine rings is 1. The summed E-state index contributed by atoms with van der Waals surface area (Å²) in [6.07, 6.45) is 5.13. The summed E-state index contributed by atoms with van der Waals surface area (Å²) in [5, 5.41) is 5.74. The smallest absolute Gasteiger partial charge is 0.249 e. The molecular formula is C23H34N6O3. The summed E-state index contributed by atoms with van der Waals surface area (Å²) in [4.78, 5) is 46.9. The zero-order valence-corrected chi connectivity index (χ0v) is 18.9. The summed E-state index contributed by atoms with van der Waals surface area (Å²) < 4.78 is 0. The Morgan fingerprint density at radius 2 is 1.88 bits per heavy atom. The van der Waals surface area contributed by atoms with E-state index >= 15 is 0 Å². The highest BCUT2D eigenvalue weighted by molar-refractivity contribution is 6.01. The fourth-order valence-electron chi connectivity index (χ4n) is 4.82. The van der Waals surface area contributed by atoms with Crippen molar-refractivity contribution in [2.75, 3.05) is 57.8 Å². The van der Waals surface area contributed by atoms with E-state index in [1.807, 2.05) is 12.1 Å². The van der Waals surface area contributed by atoms with Gasteiger partial charge in [-0.1, -0.05) is 6.07 Å². The third-order valence-corrected chi connectivity index (χ3v) is 6.91. The molecule has 0 bridgehead atoms. The number of rotatable bonds is 6. The average Bonchev–Trinajstić information content (AvgIpc) is 2.80. The molecule has 1 atom stereocenters. The highest BCUT2D eigenvalue weighted by atomic mass is 16.2. The highest BCUT2D eigenvalue weighted by Crippen LogP contribution is 2.18. The van der Waals surface area contributed by atoms with Crippen LogP contribution in [-0.2, 0) is 20.8 Å². The largest absolute Gasteiger partial charge is 0.354 e. The van der Waals surface area contributed by atoms with E-state index in [-0.39, 0.29) is 24.7 Å². The van der Waals surface area contributed by atoms with Gasteiger partial charge in [-0.25, -0.2) is 4.98 Å². The Bertz CT molecular complexity index is 816. The van der Waals surface area contributed by atoms with Crippen LogP contribution >= 0.6 is 0 Å². The number of hydrogen-bond acceptors (Lipinski definition) is 7. The Kier molecular flexibility index (Phi) is 7.36. The first-order valence-electron chi connectivity index (χ1n) is 11.7. The van der Waals surface area contributed by atoms with Gasteiger partial charge in [-0.05, 0) is 49.9 Å². The van der Waals surface area contributed by atoms with E-state index in [0.717, 1.165) is 56.6 Å². The third kappa shape index (κ3) is 5.63. The van der Waals surface area contributed by atoms with E-state index in [2.05, 4.69) is 25.4 Å². The molecular weight excluding hydrogens is 408 g/mol. The van der Waals surface area contributed by atoms with Crippen LogP contribution < -0.4 is 15.5 Å². The predicted molar refractivity (Wildman–Crippen MR) is 121 cm³/mol. The second kappa shape index (κ2) is 10.4. The standard InChI is InChI=1S/C23H34N6O3/c1-27(19-3-5-21(30)26-23(19)32)22(31)14-18-2-4-20(25-15-18)29-12-10-28(11-13-29)16-17-6-8-24-9-7-17/h2,4,15,17,19,24H,3,5-14,16H2,1H3,(H,26,30,32). The number of carbonyl (C=O) groups excluding carboxylic acids is 3. The number of anilines is 1. The summed E-state index contributed by atoms with van der Waals surface area (Å²) in [7, 11) is 1.62. The second-order valence-corrected chi connectivity index (χ2v) is 9.15. The van der Waals surface area contributed by atoms with Crippen molar-refractivity contribution in [1.29, 1.82) is 0 Å². The van der Waals surface area contributed by atoms with Crippen molar-refractivity contribution in [3.8, 4) is 0 Å². The number of aromatic nitrogens is 1. The average molecular weight is 443 g/mol. The van der Waals surface area contributed by atoms with Gasteiger partial charge in [-0.3, -0.25) is 24.6 Å². The van der Waals surface area contributed by atoms with Crippen LogP contribution in [0.2, 0.25) is 0 Å². The van der Waals surface area contributed by atoms with Gasteiger partial charge in [-0.2, -0.15) is 0 Å². The summed E-state index contributed by atoms with van der Waals surface area (Å²) in [5.74, 6) is 0.932. The van der Waals surface area contributed by atoms with Gasteiger partial charge in [0.25, 0.3) is 0 Å². The molecule has 1 unspecified atom stereocenters. The Morgan fingerprint density at radius 3 is 2.53 bits per heavy atom. The first-order chi connectivity index (χ1) is 15.5. The molecule has 9 heteroatoms. The Labute approximate surface area is 189 Å². The van der Waals surface area contributed by atoms with Crippen LogP contribution in [0.25, 0.3) is 0 Å². The predicted octanol–water partition coefficient (Wildman–Crippen LogP) is 0.00930. The van der Waals surface area contributed by atoms with Crippen LogP contribution in [-0.4, -0.2) is 91.4 Å². The molecule has 0 aromatic carbocycles. The van der Waals surface area contributed by atoms with E-state index in [1.54, 1.807) is 13.2 Å². The molecule has 3 saturated heterocycles. The molecule has 0 aliphatic carbocycles. The van der Waals surface area contributed by atoms with Crippen LogP contribution in [0.5, 0.6) is 0 Å². The van der Waals surface area contributed by atoms with Gasteiger partial charge in [0.1, 0.15) is 11.9 Å². The Morgan fingerprint density at radius 1 is 1.12 bits per heavy atom. The number of amides is 3. The van der Waals surface area contributed by atoms with Crippen molar-refractivity contribution < 1.29 is 14.4 Å². The molecule has 174 valence electrons. The monoisotopic (exact) mass is 442 g/mol. The normalized spacial score (nSPS) is 23.2. The Hall–Kier alpha value is -2.52. The molecule has 2 N–H and O–H groups in total. The van der Waals surface area contributed by atoms with Crippen LogP contribution in [0.4, 0.5) is 5.82 Å². The van der Waals surface area contributed by atoms with Crippen LogP contribution in [0.15, 0.2) is 18.3 Å². The van der Waals surface area contributed by atoms with Crippen molar-refractivity contribution >= 4 is 23.5 Å². The zero-order valence-electron chi connectivity index (χ0n) is 18.9. The Balaban J connectivity index is 1.25. The van der Waals surface area contributed by atoms with Gasteiger partial charge in [0.2, 0.25) is 17.7 Å². The van der Waals surface area contributed by atoms with Crippen LogP contribution in [0, 0.1) is 5.92 Å². The quantitative estimate of drug-likeness (QED) is 0.599. The number of hydrogen-bond donors (Lipinski definition) is 2. The first-order valence-corrected chi connectivity index (χ1v) is 11.7. The highest BCUT2D eigenvalue weighted by Gasteiger charge is 2.32. The zero-order chi connectivity index (χ0) is 22.5. The minimum atomic E-state index is -0.589. The number of nitrogens with zero attached hydrogens (tertiary/aromatic N) is 4. The van der Waals surface area contributed by atoms with Gasteiger partial charge >= 0.3 is 0 Å². The van der Waals surface area contributed by atoms with Crippen molar-refractivity contribution in [3.63, 3.8) is 0 Å². The fourth-order valence-corrected chi connectivity index (χ4v) is 4.82. The molecule has 3 amide bonds.